The molecule has 0 saturated heterocycles. The first-order valence-electron chi connectivity index (χ1n) is 4.07. The molecule has 0 aliphatic rings. The second-order valence-corrected chi connectivity index (χ2v) is 3.33. The Kier molecular flexibility index (Phi) is 3.46. The van der Waals surface area contributed by atoms with Crippen molar-refractivity contribution in [2.24, 2.45) is 0 Å². The Morgan fingerprint density at radius 3 is 2.69 bits per heavy atom. The van der Waals surface area contributed by atoms with Gasteiger partial charge in [0.05, 0.1) is 6.10 Å². The highest BCUT2D eigenvalue weighted by molar-refractivity contribution is 6.67. The third-order valence-corrected chi connectivity index (χ3v) is 1.95. The van der Waals surface area contributed by atoms with E-state index in [2.05, 4.69) is 0 Å². The molecule has 0 heterocycles. The van der Waals surface area contributed by atoms with Gasteiger partial charge in [-0.05, 0) is 36.6 Å². The Bertz CT molecular complexity index is 308. The molecule has 0 bridgehead atoms. The molecule has 1 rings (SSSR count). The van der Waals surface area contributed by atoms with Crippen LogP contribution in [-0.2, 0) is 6.42 Å². The predicted octanol–water partition coefficient (Wildman–Crippen LogP) is 1.99. The molecule has 1 N–H and O–H groups in total. The van der Waals surface area contributed by atoms with Gasteiger partial charge in [-0.2, -0.15) is 0 Å². The third-order valence-electron chi connectivity index (χ3n) is 1.74. The molecule has 1 atom stereocenters. The topological polar surface area (TPSA) is 37.3 Å². The second kappa shape index (κ2) is 4.40. The smallest absolute Gasteiger partial charge is 0.252 e. The highest BCUT2D eigenvalue weighted by Crippen LogP contribution is 2.13. The Balaban J connectivity index is 2.98. The maximum Gasteiger partial charge on any atom is 0.252 e. The highest BCUT2D eigenvalue weighted by Gasteiger charge is 2.09. The van der Waals surface area contributed by atoms with Gasteiger partial charge in [0.1, 0.15) is 0 Å². The van der Waals surface area contributed by atoms with Gasteiger partial charge in [-0.15, -0.1) is 0 Å². The summed E-state index contributed by atoms with van der Waals surface area (Å²) in [6.07, 6.45) is -0.00795. The molecule has 0 aliphatic heterocycles. The molecule has 1 unspecified atom stereocenters. The quantitative estimate of drug-likeness (QED) is 0.755. The van der Waals surface area contributed by atoms with E-state index in [0.717, 1.165) is 5.56 Å². The summed E-state index contributed by atoms with van der Waals surface area (Å²) in [5.74, 6) is 0. The van der Waals surface area contributed by atoms with Crippen molar-refractivity contribution in [2.75, 3.05) is 0 Å². The molecule has 0 aliphatic carbocycles. The molecule has 1 aromatic carbocycles. The number of carbonyl (C=O) groups is 1. The van der Waals surface area contributed by atoms with Crippen molar-refractivity contribution in [2.45, 2.75) is 19.4 Å². The average Bonchev–Trinajstić information content (AvgIpc) is 2.03. The fraction of sp³-hybridized carbons (Fsp3) is 0.300. The van der Waals surface area contributed by atoms with E-state index in [0.29, 0.717) is 12.0 Å². The van der Waals surface area contributed by atoms with E-state index in [-0.39, 0.29) is 0 Å². The van der Waals surface area contributed by atoms with E-state index in [1.807, 2.05) is 6.07 Å². The number of hydrogen-bond acceptors (Lipinski definition) is 2. The molecular weight excluding hydrogens is 188 g/mol. The van der Waals surface area contributed by atoms with Crippen LogP contribution in [0.2, 0.25) is 0 Å². The Hall–Kier alpha value is -0.860. The third kappa shape index (κ3) is 2.83. The van der Waals surface area contributed by atoms with E-state index in [1.54, 1.807) is 25.1 Å². The van der Waals surface area contributed by atoms with E-state index in [1.165, 1.54) is 0 Å². The summed E-state index contributed by atoms with van der Waals surface area (Å²) in [5, 5.41) is 8.68. The van der Waals surface area contributed by atoms with Gasteiger partial charge in [-0.25, -0.2) is 0 Å². The molecule has 0 radical (unpaired) electrons. The van der Waals surface area contributed by atoms with Crippen LogP contribution in [0.4, 0.5) is 0 Å². The van der Waals surface area contributed by atoms with Crippen molar-refractivity contribution < 1.29 is 9.90 Å². The molecular formula is C10H11ClO2. The zero-order valence-electron chi connectivity index (χ0n) is 7.33. The molecule has 0 aromatic heterocycles. The zero-order valence-corrected chi connectivity index (χ0v) is 8.08. The zero-order chi connectivity index (χ0) is 9.84. The summed E-state index contributed by atoms with van der Waals surface area (Å²) in [5.41, 5.74) is 1.27. The van der Waals surface area contributed by atoms with E-state index >= 15 is 0 Å². The number of rotatable bonds is 3. The van der Waals surface area contributed by atoms with E-state index < -0.39 is 11.3 Å². The monoisotopic (exact) mass is 198 g/mol. The van der Waals surface area contributed by atoms with Crippen LogP contribution in [0.5, 0.6) is 0 Å². The minimum atomic E-state index is -0.476. The van der Waals surface area contributed by atoms with Gasteiger partial charge in [0, 0.05) is 5.56 Å². The van der Waals surface area contributed by atoms with E-state index in [9.17, 15) is 4.79 Å². The Morgan fingerprint density at radius 2 is 2.15 bits per heavy atom. The number of benzene rings is 1. The minimum absolute atomic E-state index is 0.453. The SMILES string of the molecule is CC(O)Cc1ccccc1C(=O)Cl. The van der Waals surface area contributed by atoms with Gasteiger partial charge < -0.3 is 5.11 Å². The van der Waals surface area contributed by atoms with Crippen LogP contribution in [0.15, 0.2) is 24.3 Å². The molecule has 2 nitrogen and oxygen atoms in total. The van der Waals surface area contributed by atoms with Crippen LogP contribution >= 0.6 is 11.6 Å². The Morgan fingerprint density at radius 1 is 1.54 bits per heavy atom. The molecule has 13 heavy (non-hydrogen) atoms. The van der Waals surface area contributed by atoms with Gasteiger partial charge >= 0.3 is 0 Å². The molecule has 0 spiro atoms. The lowest BCUT2D eigenvalue weighted by atomic mass is 10.0. The van der Waals surface area contributed by atoms with Crippen LogP contribution in [0.25, 0.3) is 0 Å². The fourth-order valence-electron chi connectivity index (χ4n) is 1.21. The normalized spacial score (nSPS) is 12.5. The number of aliphatic hydroxyl groups excluding tert-OH is 1. The first kappa shape index (κ1) is 10.2. The Labute approximate surface area is 82.2 Å². The average molecular weight is 199 g/mol. The standard InChI is InChI=1S/C10H11ClO2/c1-7(12)6-8-4-2-3-5-9(8)10(11)13/h2-5,7,12H,6H2,1H3. The van der Waals surface area contributed by atoms with Gasteiger partial charge in [0.25, 0.3) is 5.24 Å². The molecule has 0 fully saturated rings. The van der Waals surface area contributed by atoms with Crippen LogP contribution < -0.4 is 0 Å². The summed E-state index contributed by atoms with van der Waals surface area (Å²) in [7, 11) is 0. The van der Waals surface area contributed by atoms with Gasteiger partial charge in [-0.1, -0.05) is 18.2 Å². The fourth-order valence-corrected chi connectivity index (χ4v) is 1.39. The lowest BCUT2D eigenvalue weighted by molar-refractivity contribution is 0.108. The maximum atomic E-state index is 10.9. The molecule has 1 aromatic rings. The predicted molar refractivity (Wildman–Crippen MR) is 52.0 cm³/mol. The van der Waals surface area contributed by atoms with Gasteiger partial charge in [0.15, 0.2) is 0 Å². The van der Waals surface area contributed by atoms with Crippen LogP contribution in [0.1, 0.15) is 22.8 Å². The molecule has 3 heteroatoms. The van der Waals surface area contributed by atoms with Gasteiger partial charge in [0.2, 0.25) is 0 Å². The maximum absolute atomic E-state index is 10.9. The van der Waals surface area contributed by atoms with E-state index in [4.69, 9.17) is 16.7 Å². The molecule has 0 saturated carbocycles. The highest BCUT2D eigenvalue weighted by atomic mass is 35.5. The first-order chi connectivity index (χ1) is 6.11. The van der Waals surface area contributed by atoms with Crippen LogP contribution in [-0.4, -0.2) is 16.5 Å². The lowest BCUT2D eigenvalue weighted by Gasteiger charge is -2.07. The number of carbonyl (C=O) groups excluding carboxylic acids is 1. The summed E-state index contributed by atoms with van der Waals surface area (Å²) in [6.45, 7) is 1.68. The first-order valence-corrected chi connectivity index (χ1v) is 4.45. The van der Waals surface area contributed by atoms with Gasteiger partial charge in [-0.3, -0.25) is 4.79 Å². The minimum Gasteiger partial charge on any atom is -0.393 e. The summed E-state index contributed by atoms with van der Waals surface area (Å²) in [4.78, 5) is 10.9. The van der Waals surface area contributed by atoms with Crippen molar-refractivity contribution >= 4 is 16.8 Å². The largest absolute Gasteiger partial charge is 0.393 e. The van der Waals surface area contributed by atoms with Crippen molar-refractivity contribution in [3.8, 4) is 0 Å². The number of halogens is 1. The van der Waals surface area contributed by atoms with Crippen LogP contribution in [0.3, 0.4) is 0 Å². The second-order valence-electron chi connectivity index (χ2n) is 2.98. The molecule has 0 amide bonds. The lowest BCUT2D eigenvalue weighted by Crippen LogP contribution is -2.07. The molecule has 70 valence electrons. The van der Waals surface area contributed by atoms with Crippen molar-refractivity contribution in [1.82, 2.24) is 0 Å². The number of hydrogen-bond donors (Lipinski definition) is 1. The summed E-state index contributed by atoms with van der Waals surface area (Å²) in [6, 6.07) is 7.03. The number of aliphatic hydroxyl groups is 1. The van der Waals surface area contributed by atoms with Crippen molar-refractivity contribution in [3.05, 3.63) is 35.4 Å². The summed E-state index contributed by atoms with van der Waals surface area (Å²) < 4.78 is 0. The van der Waals surface area contributed by atoms with Crippen molar-refractivity contribution in [3.63, 3.8) is 0 Å². The van der Waals surface area contributed by atoms with Crippen molar-refractivity contribution in [1.29, 1.82) is 0 Å². The summed E-state index contributed by atoms with van der Waals surface area (Å²) >= 11 is 5.37. The van der Waals surface area contributed by atoms with Crippen LogP contribution in [0, 0.1) is 0 Å².